The first kappa shape index (κ1) is 14.6. The van der Waals surface area contributed by atoms with Crippen LogP contribution in [0.5, 0.6) is 0 Å². The normalized spacial score (nSPS) is 14.9. The lowest BCUT2D eigenvalue weighted by molar-refractivity contribution is 0.237. The number of carbonyl (C=O) groups is 1. The van der Waals surface area contributed by atoms with Gasteiger partial charge in [0.2, 0.25) is 0 Å². The van der Waals surface area contributed by atoms with Gasteiger partial charge in [-0.25, -0.2) is 9.78 Å². The summed E-state index contributed by atoms with van der Waals surface area (Å²) in [5.74, 6) is 0.867. The predicted molar refractivity (Wildman–Crippen MR) is 86.5 cm³/mol. The van der Waals surface area contributed by atoms with Crippen molar-refractivity contribution in [3.63, 3.8) is 0 Å². The van der Waals surface area contributed by atoms with E-state index >= 15 is 0 Å². The molecule has 22 heavy (non-hydrogen) atoms. The molecule has 1 aliphatic rings. The number of aromatic amines is 1. The van der Waals surface area contributed by atoms with Gasteiger partial charge in [-0.1, -0.05) is 43.2 Å². The first-order valence-electron chi connectivity index (χ1n) is 7.95. The zero-order valence-corrected chi connectivity index (χ0v) is 12.6. The quantitative estimate of drug-likeness (QED) is 0.794. The van der Waals surface area contributed by atoms with Crippen molar-refractivity contribution < 1.29 is 4.79 Å². The van der Waals surface area contributed by atoms with E-state index in [2.05, 4.69) is 20.6 Å². The number of benzene rings is 1. The van der Waals surface area contributed by atoms with E-state index in [1.807, 2.05) is 36.5 Å². The molecule has 5 heteroatoms. The number of carbonyl (C=O) groups excluding carboxylic acids is 1. The summed E-state index contributed by atoms with van der Waals surface area (Å²) in [6.45, 7) is 0.606. The molecule has 1 aromatic carbocycles. The van der Waals surface area contributed by atoms with E-state index in [0.29, 0.717) is 12.6 Å². The van der Waals surface area contributed by atoms with E-state index in [1.54, 1.807) is 0 Å². The molecule has 1 saturated carbocycles. The van der Waals surface area contributed by atoms with Crippen LogP contribution in [0.3, 0.4) is 0 Å². The van der Waals surface area contributed by atoms with Crippen molar-refractivity contribution in [1.29, 1.82) is 0 Å². The van der Waals surface area contributed by atoms with Gasteiger partial charge in [0.05, 0.1) is 0 Å². The number of rotatable bonds is 5. The van der Waals surface area contributed by atoms with Crippen molar-refractivity contribution >= 4 is 6.03 Å². The second-order valence-corrected chi connectivity index (χ2v) is 5.75. The third kappa shape index (κ3) is 3.87. The van der Waals surface area contributed by atoms with Crippen LogP contribution in [0.15, 0.2) is 36.5 Å². The first-order valence-corrected chi connectivity index (χ1v) is 7.95. The SMILES string of the molecule is O=C(NCCc1cnc(-c2ccccc2)[nH]1)NC1CCCC1. The average Bonchev–Trinajstić information content (AvgIpc) is 3.20. The molecule has 0 unspecified atom stereocenters. The summed E-state index contributed by atoms with van der Waals surface area (Å²) in [6.07, 6.45) is 7.24. The molecular weight excluding hydrogens is 276 g/mol. The van der Waals surface area contributed by atoms with Crippen LogP contribution in [0.25, 0.3) is 11.4 Å². The molecule has 5 nitrogen and oxygen atoms in total. The Balaban J connectivity index is 1.44. The molecule has 0 spiro atoms. The number of urea groups is 1. The molecule has 0 radical (unpaired) electrons. The number of nitrogens with zero attached hydrogens (tertiary/aromatic N) is 1. The summed E-state index contributed by atoms with van der Waals surface area (Å²) in [7, 11) is 0. The van der Waals surface area contributed by atoms with Gasteiger partial charge in [-0.15, -0.1) is 0 Å². The van der Waals surface area contributed by atoms with Crippen LogP contribution >= 0.6 is 0 Å². The largest absolute Gasteiger partial charge is 0.342 e. The number of nitrogens with one attached hydrogen (secondary N) is 3. The fraction of sp³-hybridized carbons (Fsp3) is 0.412. The Kier molecular flexibility index (Phi) is 4.73. The van der Waals surface area contributed by atoms with Crippen molar-refractivity contribution in [3.05, 3.63) is 42.2 Å². The van der Waals surface area contributed by atoms with Crippen LogP contribution in [0.1, 0.15) is 31.4 Å². The molecular formula is C17H22N4O. The molecule has 116 valence electrons. The summed E-state index contributed by atoms with van der Waals surface area (Å²) in [5.41, 5.74) is 2.10. The van der Waals surface area contributed by atoms with Gasteiger partial charge in [-0.3, -0.25) is 0 Å². The van der Waals surface area contributed by atoms with E-state index < -0.39 is 0 Å². The van der Waals surface area contributed by atoms with Crippen LogP contribution < -0.4 is 10.6 Å². The van der Waals surface area contributed by atoms with Gasteiger partial charge in [0, 0.05) is 36.5 Å². The summed E-state index contributed by atoms with van der Waals surface area (Å²) in [6, 6.07) is 10.3. The van der Waals surface area contributed by atoms with Crippen molar-refractivity contribution in [3.8, 4) is 11.4 Å². The highest BCUT2D eigenvalue weighted by Gasteiger charge is 2.16. The molecule has 1 heterocycles. The number of hydrogen-bond acceptors (Lipinski definition) is 2. The minimum Gasteiger partial charge on any atom is -0.342 e. The van der Waals surface area contributed by atoms with Crippen LogP contribution in [0.2, 0.25) is 0 Å². The van der Waals surface area contributed by atoms with E-state index in [9.17, 15) is 4.79 Å². The summed E-state index contributed by atoms with van der Waals surface area (Å²) in [4.78, 5) is 19.4. The van der Waals surface area contributed by atoms with Crippen molar-refractivity contribution in [2.24, 2.45) is 0 Å². The maximum atomic E-state index is 11.8. The second-order valence-electron chi connectivity index (χ2n) is 5.75. The first-order chi connectivity index (χ1) is 10.8. The fourth-order valence-electron chi connectivity index (χ4n) is 2.85. The van der Waals surface area contributed by atoms with Crippen LogP contribution in [0, 0.1) is 0 Å². The second kappa shape index (κ2) is 7.11. The third-order valence-corrected chi connectivity index (χ3v) is 4.05. The van der Waals surface area contributed by atoms with E-state index in [4.69, 9.17) is 0 Å². The molecule has 0 saturated heterocycles. The molecule has 0 atom stereocenters. The maximum Gasteiger partial charge on any atom is 0.315 e. The zero-order valence-electron chi connectivity index (χ0n) is 12.6. The van der Waals surface area contributed by atoms with Crippen LogP contribution in [0.4, 0.5) is 4.79 Å². The van der Waals surface area contributed by atoms with E-state index in [1.165, 1.54) is 12.8 Å². The molecule has 1 aliphatic carbocycles. The summed E-state index contributed by atoms with van der Waals surface area (Å²) >= 11 is 0. The average molecular weight is 298 g/mol. The molecule has 1 fully saturated rings. The number of aromatic nitrogens is 2. The highest BCUT2D eigenvalue weighted by molar-refractivity contribution is 5.74. The Labute approximate surface area is 130 Å². The molecule has 2 aromatic rings. The van der Waals surface area contributed by atoms with Gasteiger partial charge in [0.1, 0.15) is 5.82 Å². The van der Waals surface area contributed by atoms with Crippen molar-refractivity contribution in [2.75, 3.05) is 6.54 Å². The zero-order chi connectivity index (χ0) is 15.2. The molecule has 0 bridgehead atoms. The number of imidazole rings is 1. The third-order valence-electron chi connectivity index (χ3n) is 4.05. The minimum atomic E-state index is -0.0605. The lowest BCUT2D eigenvalue weighted by Crippen LogP contribution is -2.41. The van der Waals surface area contributed by atoms with Gasteiger partial charge in [-0.2, -0.15) is 0 Å². The van der Waals surface area contributed by atoms with Gasteiger partial charge < -0.3 is 15.6 Å². The summed E-state index contributed by atoms with van der Waals surface area (Å²) in [5, 5.41) is 5.93. The Bertz CT molecular complexity index is 602. The maximum absolute atomic E-state index is 11.8. The lowest BCUT2D eigenvalue weighted by atomic mass is 10.2. The smallest absolute Gasteiger partial charge is 0.315 e. The minimum absolute atomic E-state index is 0.0605. The van der Waals surface area contributed by atoms with Gasteiger partial charge in [0.15, 0.2) is 0 Å². The summed E-state index contributed by atoms with van der Waals surface area (Å²) < 4.78 is 0. The standard InChI is InChI=1S/C17H22N4O/c22-17(21-14-8-4-5-9-14)18-11-10-15-12-19-16(20-15)13-6-2-1-3-7-13/h1-3,6-7,12,14H,4-5,8-11H2,(H,19,20)(H2,18,21,22). The Morgan fingerprint density at radius 1 is 1.23 bits per heavy atom. The molecule has 1 aromatic heterocycles. The number of hydrogen-bond donors (Lipinski definition) is 3. The van der Waals surface area contributed by atoms with Crippen molar-refractivity contribution in [1.82, 2.24) is 20.6 Å². The highest BCUT2D eigenvalue weighted by Crippen LogP contribution is 2.17. The van der Waals surface area contributed by atoms with E-state index in [0.717, 1.165) is 36.3 Å². The monoisotopic (exact) mass is 298 g/mol. The van der Waals surface area contributed by atoms with E-state index in [-0.39, 0.29) is 6.03 Å². The number of amides is 2. The highest BCUT2D eigenvalue weighted by atomic mass is 16.2. The van der Waals surface area contributed by atoms with Crippen LogP contribution in [-0.2, 0) is 6.42 Å². The fourth-order valence-corrected chi connectivity index (χ4v) is 2.85. The Morgan fingerprint density at radius 2 is 2.00 bits per heavy atom. The predicted octanol–water partition coefficient (Wildman–Crippen LogP) is 2.86. The molecule has 3 N–H and O–H groups in total. The molecule has 0 aliphatic heterocycles. The van der Waals surface area contributed by atoms with Crippen LogP contribution in [-0.4, -0.2) is 28.6 Å². The Morgan fingerprint density at radius 3 is 2.77 bits per heavy atom. The van der Waals surface area contributed by atoms with Gasteiger partial charge in [0.25, 0.3) is 0 Å². The topological polar surface area (TPSA) is 69.8 Å². The van der Waals surface area contributed by atoms with Crippen molar-refractivity contribution in [2.45, 2.75) is 38.1 Å². The Hall–Kier alpha value is -2.30. The number of H-pyrrole nitrogens is 1. The lowest BCUT2D eigenvalue weighted by Gasteiger charge is -2.12. The van der Waals surface area contributed by atoms with Gasteiger partial charge >= 0.3 is 6.03 Å². The van der Waals surface area contributed by atoms with Gasteiger partial charge in [-0.05, 0) is 12.8 Å². The molecule has 2 amide bonds. The molecule has 3 rings (SSSR count).